The van der Waals surface area contributed by atoms with E-state index in [1.165, 1.54) is 19.3 Å². The summed E-state index contributed by atoms with van der Waals surface area (Å²) in [6, 6.07) is 20.7. The van der Waals surface area contributed by atoms with Gasteiger partial charge in [0.15, 0.2) is 0 Å². The minimum atomic E-state index is -2.61. The van der Waals surface area contributed by atoms with E-state index in [4.69, 9.17) is 0 Å². The molecule has 4 aliphatic rings. The summed E-state index contributed by atoms with van der Waals surface area (Å²) < 4.78 is 14.8. The molecule has 4 aliphatic carbocycles. The second-order valence-electron chi connectivity index (χ2n) is 8.89. The average molecular weight is 360 g/mol. The molecule has 2 aromatic rings. The maximum absolute atomic E-state index is 14.8. The summed E-state index contributed by atoms with van der Waals surface area (Å²) in [7, 11) is -2.61. The Kier molecular flexibility index (Phi) is 3.25. The molecule has 132 valence electrons. The SMILES string of the molecule is O=P(c1ccccc1)(c1ccccc1)C1CC2CC1C1C3C=CC(C3)C21. The van der Waals surface area contributed by atoms with Crippen LogP contribution in [0.1, 0.15) is 19.3 Å². The van der Waals surface area contributed by atoms with E-state index in [1.807, 2.05) is 12.1 Å². The van der Waals surface area contributed by atoms with Crippen molar-refractivity contribution >= 4 is 17.8 Å². The quantitative estimate of drug-likeness (QED) is 0.435. The molecule has 6 rings (SSSR count). The molecular formula is C24H25OP. The Morgan fingerprint density at radius 3 is 1.88 bits per heavy atom. The third-order valence-electron chi connectivity index (χ3n) is 7.98. The molecule has 0 spiro atoms. The Hall–Kier alpha value is -1.59. The lowest BCUT2D eigenvalue weighted by Gasteiger charge is -2.40. The van der Waals surface area contributed by atoms with E-state index < -0.39 is 7.14 Å². The van der Waals surface area contributed by atoms with Crippen LogP contribution in [0.15, 0.2) is 72.8 Å². The van der Waals surface area contributed by atoms with Crippen molar-refractivity contribution in [2.24, 2.45) is 35.5 Å². The normalized spacial score (nSPS) is 39.5. The van der Waals surface area contributed by atoms with Crippen LogP contribution in [0.25, 0.3) is 0 Å². The van der Waals surface area contributed by atoms with Crippen LogP contribution in [0, 0.1) is 35.5 Å². The van der Waals surface area contributed by atoms with Crippen molar-refractivity contribution in [3.63, 3.8) is 0 Å². The molecule has 26 heavy (non-hydrogen) atoms. The summed E-state index contributed by atoms with van der Waals surface area (Å²) in [5.74, 6) is 4.74. The highest BCUT2D eigenvalue weighted by molar-refractivity contribution is 7.79. The molecule has 0 saturated heterocycles. The van der Waals surface area contributed by atoms with Gasteiger partial charge in [-0.15, -0.1) is 0 Å². The van der Waals surface area contributed by atoms with Crippen LogP contribution in [-0.2, 0) is 4.57 Å². The summed E-state index contributed by atoms with van der Waals surface area (Å²) in [6.07, 6.45) is 8.84. The van der Waals surface area contributed by atoms with Crippen molar-refractivity contribution in [1.29, 1.82) is 0 Å². The predicted molar refractivity (Wildman–Crippen MR) is 107 cm³/mol. The van der Waals surface area contributed by atoms with E-state index in [-0.39, 0.29) is 0 Å². The van der Waals surface area contributed by atoms with Gasteiger partial charge in [-0.1, -0.05) is 72.8 Å². The lowest BCUT2D eigenvalue weighted by atomic mass is 9.73. The van der Waals surface area contributed by atoms with Gasteiger partial charge in [0, 0.05) is 16.3 Å². The summed E-state index contributed by atoms with van der Waals surface area (Å²) >= 11 is 0. The largest absolute Gasteiger partial charge is 0.313 e. The van der Waals surface area contributed by atoms with Crippen LogP contribution >= 0.6 is 7.14 Å². The van der Waals surface area contributed by atoms with Gasteiger partial charge in [-0.2, -0.15) is 0 Å². The first-order chi connectivity index (χ1) is 12.8. The summed E-state index contributed by atoms with van der Waals surface area (Å²) in [4.78, 5) is 0. The van der Waals surface area contributed by atoms with E-state index in [0.29, 0.717) is 11.6 Å². The number of hydrogen-bond donors (Lipinski definition) is 0. The Morgan fingerprint density at radius 1 is 0.692 bits per heavy atom. The van der Waals surface area contributed by atoms with Crippen molar-refractivity contribution < 1.29 is 4.57 Å². The highest BCUT2D eigenvalue weighted by Gasteiger charge is 2.64. The minimum Gasteiger partial charge on any atom is -0.313 e. The van der Waals surface area contributed by atoms with Crippen LogP contribution in [-0.4, -0.2) is 5.66 Å². The zero-order valence-electron chi connectivity index (χ0n) is 14.9. The average Bonchev–Trinajstić information content (AvgIpc) is 3.48. The molecule has 4 bridgehead atoms. The molecule has 1 nitrogen and oxygen atoms in total. The molecular weight excluding hydrogens is 335 g/mol. The van der Waals surface area contributed by atoms with Crippen LogP contribution in [0.2, 0.25) is 0 Å². The maximum Gasteiger partial charge on any atom is 0.146 e. The van der Waals surface area contributed by atoms with Gasteiger partial charge in [0.05, 0.1) is 0 Å². The van der Waals surface area contributed by atoms with Gasteiger partial charge in [0.25, 0.3) is 0 Å². The fourth-order valence-corrected chi connectivity index (χ4v) is 11.0. The Morgan fingerprint density at radius 2 is 1.27 bits per heavy atom. The molecule has 7 atom stereocenters. The molecule has 0 aromatic heterocycles. The smallest absolute Gasteiger partial charge is 0.146 e. The third-order valence-corrected chi connectivity index (χ3v) is 11.6. The van der Waals surface area contributed by atoms with Crippen molar-refractivity contribution in [2.75, 3.05) is 0 Å². The number of fused-ring (bicyclic) bond motifs is 9. The van der Waals surface area contributed by atoms with Crippen molar-refractivity contribution in [3.05, 3.63) is 72.8 Å². The highest BCUT2D eigenvalue weighted by atomic mass is 31.2. The number of benzene rings is 2. The molecule has 0 amide bonds. The van der Waals surface area contributed by atoms with Crippen molar-refractivity contribution in [2.45, 2.75) is 24.9 Å². The van der Waals surface area contributed by atoms with Crippen LogP contribution in [0.4, 0.5) is 0 Å². The Bertz CT molecular complexity index is 859. The molecule has 0 N–H and O–H groups in total. The lowest BCUT2D eigenvalue weighted by molar-refractivity contribution is 0.208. The van der Waals surface area contributed by atoms with Crippen molar-refractivity contribution in [3.8, 4) is 0 Å². The van der Waals surface area contributed by atoms with Gasteiger partial charge in [-0.3, -0.25) is 0 Å². The maximum atomic E-state index is 14.8. The summed E-state index contributed by atoms with van der Waals surface area (Å²) in [5.41, 5.74) is 0.339. The van der Waals surface area contributed by atoms with Crippen molar-refractivity contribution in [1.82, 2.24) is 0 Å². The highest BCUT2D eigenvalue weighted by Crippen LogP contribution is 2.71. The van der Waals surface area contributed by atoms with Crippen LogP contribution in [0.3, 0.4) is 0 Å². The fraction of sp³-hybridized carbons (Fsp3) is 0.417. The fourth-order valence-electron chi connectivity index (χ4n) is 7.23. The van der Waals surface area contributed by atoms with Crippen LogP contribution < -0.4 is 10.6 Å². The minimum absolute atomic E-state index is 0.339. The topological polar surface area (TPSA) is 17.1 Å². The zero-order valence-corrected chi connectivity index (χ0v) is 15.8. The zero-order chi connectivity index (χ0) is 17.3. The van der Waals surface area contributed by atoms with Gasteiger partial charge in [-0.05, 0) is 54.8 Å². The van der Waals surface area contributed by atoms with E-state index in [0.717, 1.165) is 40.2 Å². The second-order valence-corrected chi connectivity index (χ2v) is 11.9. The Labute approximate surface area is 155 Å². The van der Waals surface area contributed by atoms with E-state index in [2.05, 4.69) is 60.7 Å². The first-order valence-corrected chi connectivity index (χ1v) is 11.9. The van der Waals surface area contributed by atoms with Gasteiger partial charge in [0.2, 0.25) is 0 Å². The molecule has 0 radical (unpaired) electrons. The molecule has 2 heteroatoms. The monoisotopic (exact) mass is 360 g/mol. The molecule has 3 fully saturated rings. The summed E-state index contributed by atoms with van der Waals surface area (Å²) in [5, 5.41) is 2.14. The predicted octanol–water partition coefficient (Wildman–Crippen LogP) is 4.85. The molecule has 2 aromatic carbocycles. The lowest BCUT2D eigenvalue weighted by Crippen LogP contribution is -2.38. The molecule has 7 unspecified atom stereocenters. The third kappa shape index (κ3) is 1.91. The van der Waals surface area contributed by atoms with Crippen LogP contribution in [0.5, 0.6) is 0 Å². The number of allylic oxidation sites excluding steroid dienone is 2. The van der Waals surface area contributed by atoms with Gasteiger partial charge >= 0.3 is 0 Å². The molecule has 0 heterocycles. The molecule has 0 aliphatic heterocycles. The van der Waals surface area contributed by atoms with Gasteiger partial charge in [-0.25, -0.2) is 0 Å². The van der Waals surface area contributed by atoms with E-state index >= 15 is 0 Å². The van der Waals surface area contributed by atoms with E-state index in [1.54, 1.807) is 0 Å². The van der Waals surface area contributed by atoms with E-state index in [9.17, 15) is 4.57 Å². The number of rotatable bonds is 3. The first-order valence-electron chi connectivity index (χ1n) is 10.2. The van der Waals surface area contributed by atoms with Gasteiger partial charge in [0.1, 0.15) is 7.14 Å². The van der Waals surface area contributed by atoms with Gasteiger partial charge < -0.3 is 4.57 Å². The summed E-state index contributed by atoms with van der Waals surface area (Å²) in [6.45, 7) is 0. The second kappa shape index (κ2) is 5.46. The number of hydrogen-bond acceptors (Lipinski definition) is 1. The molecule has 3 saturated carbocycles. The standard InChI is InChI=1S/C24H25OP/c25-26(19-7-3-1-4-8-19,20-9-5-2-6-10-20)22-15-18-14-21(22)24-17-12-11-16(13-17)23(18)24/h1-12,16-18,21-24H,13-15H2. The Balaban J connectivity index is 1.47. The first kappa shape index (κ1) is 15.5.